The summed E-state index contributed by atoms with van der Waals surface area (Å²) in [6.07, 6.45) is 26.8. The highest BCUT2D eigenvalue weighted by molar-refractivity contribution is 5.70. The number of rotatable bonds is 22. The van der Waals surface area contributed by atoms with Crippen molar-refractivity contribution in [3.8, 4) is 0 Å². The molecule has 2 unspecified atom stereocenters. The van der Waals surface area contributed by atoms with Gasteiger partial charge < -0.3 is 9.47 Å². The lowest BCUT2D eigenvalue weighted by Gasteiger charge is -2.28. The Hall–Kier alpha value is -1.06. The Morgan fingerprint density at radius 3 is 1.21 bits per heavy atom. The van der Waals surface area contributed by atoms with E-state index in [0.29, 0.717) is 19.3 Å². The second kappa shape index (κ2) is 22.4. The van der Waals surface area contributed by atoms with E-state index in [-0.39, 0.29) is 24.1 Å². The third kappa shape index (κ3) is 18.3. The van der Waals surface area contributed by atoms with Gasteiger partial charge in [-0.05, 0) is 32.1 Å². The van der Waals surface area contributed by atoms with E-state index in [1.165, 1.54) is 89.9 Å². The van der Waals surface area contributed by atoms with Crippen molar-refractivity contribution >= 4 is 11.9 Å². The molecule has 0 bridgehead atoms. The van der Waals surface area contributed by atoms with Crippen LogP contribution in [0.15, 0.2) is 0 Å². The fourth-order valence-electron chi connectivity index (χ4n) is 4.97. The van der Waals surface area contributed by atoms with E-state index in [0.717, 1.165) is 44.9 Å². The number of ether oxygens (including phenoxy) is 2. The zero-order valence-corrected chi connectivity index (χ0v) is 22.8. The molecular weight excluding hydrogens is 424 g/mol. The first-order valence-corrected chi connectivity index (χ1v) is 15.0. The van der Waals surface area contributed by atoms with Crippen LogP contribution in [0.3, 0.4) is 0 Å². The van der Waals surface area contributed by atoms with Crippen LogP contribution in [0, 0.1) is 0 Å². The third-order valence-electron chi connectivity index (χ3n) is 7.14. The lowest BCUT2D eigenvalue weighted by molar-refractivity contribution is -0.158. The van der Waals surface area contributed by atoms with Gasteiger partial charge in [-0.1, -0.05) is 117 Å². The zero-order valence-electron chi connectivity index (χ0n) is 22.8. The molecule has 0 saturated heterocycles. The fourth-order valence-corrected chi connectivity index (χ4v) is 4.97. The van der Waals surface area contributed by atoms with Crippen LogP contribution < -0.4 is 0 Å². The van der Waals surface area contributed by atoms with Gasteiger partial charge in [0.25, 0.3) is 0 Å². The van der Waals surface area contributed by atoms with E-state index < -0.39 is 0 Å². The predicted molar refractivity (Wildman–Crippen MR) is 142 cm³/mol. The van der Waals surface area contributed by atoms with Crippen molar-refractivity contribution in [2.75, 3.05) is 0 Å². The van der Waals surface area contributed by atoms with Crippen molar-refractivity contribution in [2.24, 2.45) is 0 Å². The van der Waals surface area contributed by atoms with Gasteiger partial charge in [-0.3, -0.25) is 9.59 Å². The Labute approximate surface area is 211 Å². The van der Waals surface area contributed by atoms with Gasteiger partial charge in [0.2, 0.25) is 0 Å². The maximum atomic E-state index is 12.2. The van der Waals surface area contributed by atoms with Crippen LogP contribution in [0.5, 0.6) is 0 Å². The molecule has 0 aromatic heterocycles. The van der Waals surface area contributed by atoms with Gasteiger partial charge in [0.1, 0.15) is 12.2 Å². The highest BCUT2D eigenvalue weighted by atomic mass is 16.6. The largest absolute Gasteiger partial charge is 0.462 e. The zero-order chi connectivity index (χ0) is 24.7. The monoisotopic (exact) mass is 480 g/mol. The molecule has 34 heavy (non-hydrogen) atoms. The highest BCUT2D eigenvalue weighted by Gasteiger charge is 2.27. The van der Waals surface area contributed by atoms with Gasteiger partial charge in [-0.25, -0.2) is 0 Å². The summed E-state index contributed by atoms with van der Waals surface area (Å²) in [5, 5.41) is 0. The van der Waals surface area contributed by atoms with Crippen LogP contribution in [0.2, 0.25) is 0 Å². The molecule has 2 atom stereocenters. The normalized spacial score (nSPS) is 18.1. The molecule has 0 N–H and O–H groups in total. The van der Waals surface area contributed by atoms with Crippen molar-refractivity contribution in [2.45, 2.75) is 180 Å². The van der Waals surface area contributed by atoms with Gasteiger partial charge >= 0.3 is 11.9 Å². The molecule has 0 amide bonds. The van der Waals surface area contributed by atoms with E-state index in [4.69, 9.17) is 9.47 Å². The molecule has 200 valence electrons. The number of carbonyl (C=O) groups is 2. The molecular formula is C30H56O4. The minimum atomic E-state index is -0.0784. The predicted octanol–water partition coefficient (Wildman–Crippen LogP) is 9.23. The number of unbranched alkanes of at least 4 members (excludes halogenated alkanes) is 16. The van der Waals surface area contributed by atoms with Crippen LogP contribution in [-0.2, 0) is 19.1 Å². The van der Waals surface area contributed by atoms with Gasteiger partial charge in [-0.15, -0.1) is 0 Å². The molecule has 4 heteroatoms. The molecule has 1 saturated carbocycles. The number of carbonyl (C=O) groups excluding carboxylic acids is 2. The first-order valence-electron chi connectivity index (χ1n) is 15.0. The molecule has 1 aliphatic carbocycles. The van der Waals surface area contributed by atoms with Crippen LogP contribution in [-0.4, -0.2) is 24.1 Å². The summed E-state index contributed by atoms with van der Waals surface area (Å²) in [5.41, 5.74) is 0. The molecule has 0 radical (unpaired) electrons. The lowest BCUT2D eigenvalue weighted by atomic mass is 9.94. The van der Waals surface area contributed by atoms with E-state index in [9.17, 15) is 9.59 Å². The molecule has 1 rings (SSSR count). The SMILES string of the molecule is CCCCCCCCCCCC(=O)OC1CCCC(OC(=O)CCCCCCCCCCC)C1. The summed E-state index contributed by atoms with van der Waals surface area (Å²) in [7, 11) is 0. The minimum absolute atomic E-state index is 0.0744. The summed E-state index contributed by atoms with van der Waals surface area (Å²) in [6.45, 7) is 4.50. The Morgan fingerprint density at radius 1 is 0.529 bits per heavy atom. The van der Waals surface area contributed by atoms with Gasteiger partial charge in [0.15, 0.2) is 0 Å². The molecule has 0 heterocycles. The molecule has 0 aliphatic heterocycles. The van der Waals surface area contributed by atoms with Gasteiger partial charge in [-0.2, -0.15) is 0 Å². The van der Waals surface area contributed by atoms with Crippen LogP contribution >= 0.6 is 0 Å². The summed E-state index contributed by atoms with van der Waals surface area (Å²) in [6, 6.07) is 0. The maximum Gasteiger partial charge on any atom is 0.306 e. The average Bonchev–Trinajstić information content (AvgIpc) is 2.82. The molecule has 1 aliphatic rings. The average molecular weight is 481 g/mol. The van der Waals surface area contributed by atoms with E-state index >= 15 is 0 Å². The van der Waals surface area contributed by atoms with Crippen molar-refractivity contribution < 1.29 is 19.1 Å². The van der Waals surface area contributed by atoms with E-state index in [1.807, 2.05) is 0 Å². The Balaban J connectivity index is 2.01. The van der Waals surface area contributed by atoms with Crippen LogP contribution in [0.25, 0.3) is 0 Å². The topological polar surface area (TPSA) is 52.6 Å². The van der Waals surface area contributed by atoms with Gasteiger partial charge in [0, 0.05) is 19.3 Å². The number of hydrogen-bond donors (Lipinski definition) is 0. The van der Waals surface area contributed by atoms with Crippen molar-refractivity contribution in [3.63, 3.8) is 0 Å². The summed E-state index contributed by atoms with van der Waals surface area (Å²) in [4.78, 5) is 24.4. The molecule has 0 aromatic rings. The number of hydrogen-bond acceptors (Lipinski definition) is 4. The quantitative estimate of drug-likeness (QED) is 0.114. The van der Waals surface area contributed by atoms with E-state index in [1.54, 1.807) is 0 Å². The maximum absolute atomic E-state index is 12.2. The number of esters is 2. The first-order chi connectivity index (χ1) is 16.7. The lowest BCUT2D eigenvalue weighted by Crippen LogP contribution is -2.31. The summed E-state index contributed by atoms with van der Waals surface area (Å²) in [5.74, 6) is -0.149. The molecule has 0 spiro atoms. The van der Waals surface area contributed by atoms with E-state index in [2.05, 4.69) is 13.8 Å². The summed E-state index contributed by atoms with van der Waals surface area (Å²) >= 11 is 0. The third-order valence-corrected chi connectivity index (χ3v) is 7.14. The Bertz CT molecular complexity index is 448. The molecule has 1 fully saturated rings. The highest BCUT2D eigenvalue weighted by Crippen LogP contribution is 2.25. The Kier molecular flexibility index (Phi) is 20.4. The smallest absolute Gasteiger partial charge is 0.306 e. The van der Waals surface area contributed by atoms with Crippen molar-refractivity contribution in [3.05, 3.63) is 0 Å². The second-order valence-electron chi connectivity index (χ2n) is 10.5. The van der Waals surface area contributed by atoms with Crippen molar-refractivity contribution in [1.29, 1.82) is 0 Å². The van der Waals surface area contributed by atoms with Crippen LogP contribution in [0.1, 0.15) is 168 Å². The Morgan fingerprint density at radius 2 is 0.853 bits per heavy atom. The summed E-state index contributed by atoms with van der Waals surface area (Å²) < 4.78 is 11.4. The molecule has 0 aromatic carbocycles. The van der Waals surface area contributed by atoms with Crippen molar-refractivity contribution in [1.82, 2.24) is 0 Å². The fraction of sp³-hybridized carbons (Fsp3) is 0.933. The minimum Gasteiger partial charge on any atom is -0.462 e. The van der Waals surface area contributed by atoms with Crippen LogP contribution in [0.4, 0.5) is 0 Å². The standard InChI is InChI=1S/C30H56O4/c1-3-5-7-9-11-13-15-17-19-24-29(31)33-27-22-21-23-28(26-27)34-30(32)25-20-18-16-14-12-10-8-6-4-2/h27-28H,3-26H2,1-2H3. The molecule has 4 nitrogen and oxygen atoms in total. The first kappa shape index (κ1) is 31.0. The second-order valence-corrected chi connectivity index (χ2v) is 10.5. The van der Waals surface area contributed by atoms with Gasteiger partial charge in [0.05, 0.1) is 0 Å².